The van der Waals surface area contributed by atoms with Crippen LogP contribution in [0.5, 0.6) is 5.75 Å². The highest BCUT2D eigenvalue weighted by atomic mass is 16.5. The molecule has 3 atom stereocenters. The number of methoxy groups -OCH3 is 1. The quantitative estimate of drug-likeness (QED) is 0.548. The molecule has 3 heteroatoms. The van der Waals surface area contributed by atoms with E-state index in [0.29, 0.717) is 6.61 Å². The predicted octanol–water partition coefficient (Wildman–Crippen LogP) is 5.59. The van der Waals surface area contributed by atoms with Crippen molar-refractivity contribution in [3.05, 3.63) is 99.6 Å². The van der Waals surface area contributed by atoms with Crippen molar-refractivity contribution in [2.24, 2.45) is 5.92 Å². The smallest absolute Gasteiger partial charge is 0.167 e. The molecule has 0 saturated carbocycles. The first kappa shape index (κ1) is 20.0. The molecule has 0 spiro atoms. The van der Waals surface area contributed by atoms with Gasteiger partial charge in [0.1, 0.15) is 12.4 Å². The molecule has 0 radical (unpaired) electrons. The Morgan fingerprint density at radius 1 is 0.935 bits per heavy atom. The summed E-state index contributed by atoms with van der Waals surface area (Å²) in [6, 6.07) is 20.8. The Hall–Kier alpha value is -2.91. The van der Waals surface area contributed by atoms with Crippen LogP contribution >= 0.6 is 0 Å². The molecule has 5 rings (SSSR count). The van der Waals surface area contributed by atoms with Crippen LogP contribution in [0.4, 0.5) is 0 Å². The SMILES string of the molecule is COC1Cc2ccccc2C1C1Cc2cc(C)c(OCc3ccccc3)c(C)c2C1=O. The van der Waals surface area contributed by atoms with E-state index in [1.165, 1.54) is 11.1 Å². The van der Waals surface area contributed by atoms with E-state index in [4.69, 9.17) is 9.47 Å². The van der Waals surface area contributed by atoms with Crippen molar-refractivity contribution in [3.8, 4) is 5.75 Å². The van der Waals surface area contributed by atoms with Gasteiger partial charge in [0, 0.05) is 30.1 Å². The summed E-state index contributed by atoms with van der Waals surface area (Å²) in [7, 11) is 1.76. The molecule has 0 amide bonds. The molecule has 0 bridgehead atoms. The van der Waals surface area contributed by atoms with E-state index in [0.717, 1.165) is 46.4 Å². The van der Waals surface area contributed by atoms with Crippen LogP contribution in [0.1, 0.15) is 49.7 Å². The molecule has 158 valence electrons. The third-order valence-corrected chi connectivity index (χ3v) is 7.01. The monoisotopic (exact) mass is 412 g/mol. The molecule has 3 aromatic carbocycles. The van der Waals surface area contributed by atoms with Crippen molar-refractivity contribution < 1.29 is 14.3 Å². The van der Waals surface area contributed by atoms with Gasteiger partial charge in [-0.3, -0.25) is 4.79 Å². The van der Waals surface area contributed by atoms with Gasteiger partial charge >= 0.3 is 0 Å². The molecule has 3 nitrogen and oxygen atoms in total. The van der Waals surface area contributed by atoms with E-state index >= 15 is 0 Å². The molecule has 3 aromatic rings. The van der Waals surface area contributed by atoms with Gasteiger partial charge in [0.2, 0.25) is 0 Å². The second-order valence-electron chi connectivity index (χ2n) is 8.83. The lowest BCUT2D eigenvalue weighted by Crippen LogP contribution is -2.28. The Labute approximate surface area is 184 Å². The average molecular weight is 413 g/mol. The number of carbonyl (C=O) groups excluding carboxylic acids is 1. The highest BCUT2D eigenvalue weighted by Crippen LogP contribution is 2.47. The number of ether oxygens (including phenoxy) is 2. The minimum atomic E-state index is -0.0777. The third-order valence-electron chi connectivity index (χ3n) is 7.01. The average Bonchev–Trinajstić information content (AvgIpc) is 3.31. The van der Waals surface area contributed by atoms with Crippen molar-refractivity contribution >= 4 is 5.78 Å². The summed E-state index contributed by atoms with van der Waals surface area (Å²) >= 11 is 0. The zero-order valence-corrected chi connectivity index (χ0v) is 18.4. The van der Waals surface area contributed by atoms with Gasteiger partial charge in [-0.1, -0.05) is 60.7 Å². The van der Waals surface area contributed by atoms with Gasteiger partial charge in [-0.15, -0.1) is 0 Å². The topological polar surface area (TPSA) is 35.5 Å². The fourth-order valence-corrected chi connectivity index (χ4v) is 5.61. The largest absolute Gasteiger partial charge is 0.488 e. The molecule has 2 aliphatic rings. The number of carbonyl (C=O) groups is 1. The molecule has 0 N–H and O–H groups in total. The molecule has 2 aliphatic carbocycles. The van der Waals surface area contributed by atoms with Crippen LogP contribution in [-0.2, 0) is 24.2 Å². The highest BCUT2D eigenvalue weighted by Gasteiger charge is 2.45. The van der Waals surface area contributed by atoms with E-state index in [-0.39, 0.29) is 23.7 Å². The normalized spacial score (nSPS) is 21.8. The molecule has 0 aromatic heterocycles. The maximum Gasteiger partial charge on any atom is 0.167 e. The lowest BCUT2D eigenvalue weighted by atomic mass is 9.83. The van der Waals surface area contributed by atoms with Gasteiger partial charge in [-0.25, -0.2) is 0 Å². The second-order valence-corrected chi connectivity index (χ2v) is 8.83. The van der Waals surface area contributed by atoms with Gasteiger partial charge in [0.25, 0.3) is 0 Å². The lowest BCUT2D eigenvalue weighted by Gasteiger charge is -2.24. The first-order chi connectivity index (χ1) is 15.1. The van der Waals surface area contributed by atoms with Crippen molar-refractivity contribution in [1.29, 1.82) is 0 Å². The Morgan fingerprint density at radius 3 is 2.45 bits per heavy atom. The molecule has 0 heterocycles. The number of hydrogen-bond donors (Lipinski definition) is 0. The maximum atomic E-state index is 13.7. The summed E-state index contributed by atoms with van der Waals surface area (Å²) in [5.41, 5.74) is 7.78. The summed E-state index contributed by atoms with van der Waals surface area (Å²) < 4.78 is 12.1. The van der Waals surface area contributed by atoms with E-state index < -0.39 is 0 Å². The third kappa shape index (κ3) is 3.37. The second kappa shape index (κ2) is 7.97. The first-order valence-corrected chi connectivity index (χ1v) is 11.0. The first-order valence-electron chi connectivity index (χ1n) is 11.0. The standard InChI is InChI=1S/C28H28O3/c1-17-13-21-14-23(26-22-12-8-7-11-20(22)15-24(26)30-3)27(29)25(21)18(2)28(17)31-16-19-9-5-4-6-10-19/h4-13,23-24,26H,14-16H2,1-3H3. The Morgan fingerprint density at radius 2 is 1.68 bits per heavy atom. The summed E-state index contributed by atoms with van der Waals surface area (Å²) in [5.74, 6) is 1.10. The highest BCUT2D eigenvalue weighted by molar-refractivity contribution is 6.05. The van der Waals surface area contributed by atoms with Gasteiger partial charge in [0.05, 0.1) is 6.10 Å². The number of hydrogen-bond acceptors (Lipinski definition) is 3. The van der Waals surface area contributed by atoms with Crippen molar-refractivity contribution in [2.45, 2.75) is 45.3 Å². The summed E-state index contributed by atoms with van der Waals surface area (Å²) in [6.45, 7) is 4.61. The van der Waals surface area contributed by atoms with Crippen molar-refractivity contribution in [1.82, 2.24) is 0 Å². The molecular weight excluding hydrogens is 384 g/mol. The molecule has 0 fully saturated rings. The lowest BCUT2D eigenvalue weighted by molar-refractivity contribution is 0.0621. The van der Waals surface area contributed by atoms with E-state index in [1.54, 1.807) is 7.11 Å². The Balaban J connectivity index is 1.47. The van der Waals surface area contributed by atoms with Crippen LogP contribution in [0, 0.1) is 19.8 Å². The van der Waals surface area contributed by atoms with Gasteiger partial charge in [-0.05, 0) is 54.5 Å². The van der Waals surface area contributed by atoms with Crippen molar-refractivity contribution in [3.63, 3.8) is 0 Å². The van der Waals surface area contributed by atoms with Crippen molar-refractivity contribution in [2.75, 3.05) is 7.11 Å². The molecule has 31 heavy (non-hydrogen) atoms. The predicted molar refractivity (Wildman–Crippen MR) is 122 cm³/mol. The number of rotatable bonds is 5. The zero-order valence-electron chi connectivity index (χ0n) is 18.4. The number of aryl methyl sites for hydroxylation is 1. The summed E-state index contributed by atoms with van der Waals surface area (Å²) in [5, 5.41) is 0. The van der Waals surface area contributed by atoms with E-state index in [9.17, 15) is 4.79 Å². The Bertz CT molecular complexity index is 1130. The molecule has 0 aliphatic heterocycles. The van der Waals surface area contributed by atoms with Crippen LogP contribution in [0.3, 0.4) is 0 Å². The molecular formula is C28H28O3. The maximum absolute atomic E-state index is 13.7. The summed E-state index contributed by atoms with van der Waals surface area (Å²) in [6.07, 6.45) is 1.70. The molecule has 3 unspecified atom stereocenters. The van der Waals surface area contributed by atoms with E-state index in [2.05, 4.69) is 49.4 Å². The fourth-order valence-electron chi connectivity index (χ4n) is 5.61. The van der Waals surface area contributed by atoms with Crippen LogP contribution in [-0.4, -0.2) is 19.0 Å². The fraction of sp³-hybridized carbons (Fsp3) is 0.321. The van der Waals surface area contributed by atoms with Crippen LogP contribution in [0.2, 0.25) is 0 Å². The van der Waals surface area contributed by atoms with Crippen LogP contribution in [0.15, 0.2) is 60.7 Å². The minimum absolute atomic E-state index is 0.0517. The van der Waals surface area contributed by atoms with Gasteiger partial charge < -0.3 is 9.47 Å². The summed E-state index contributed by atoms with van der Waals surface area (Å²) in [4.78, 5) is 13.7. The zero-order chi connectivity index (χ0) is 21.5. The number of benzene rings is 3. The van der Waals surface area contributed by atoms with E-state index in [1.807, 2.05) is 25.1 Å². The number of fused-ring (bicyclic) bond motifs is 2. The van der Waals surface area contributed by atoms with Gasteiger partial charge in [0.15, 0.2) is 5.78 Å². The Kier molecular flexibility index (Phi) is 5.15. The molecule has 0 saturated heterocycles. The minimum Gasteiger partial charge on any atom is -0.488 e. The van der Waals surface area contributed by atoms with Crippen LogP contribution < -0.4 is 4.74 Å². The van der Waals surface area contributed by atoms with Gasteiger partial charge in [-0.2, -0.15) is 0 Å². The number of Topliss-reactive ketones (excluding diaryl/α,β-unsaturated/α-hetero) is 1. The number of ketones is 1. The van der Waals surface area contributed by atoms with Crippen LogP contribution in [0.25, 0.3) is 0 Å².